The number of hydrogen-bond donors (Lipinski definition) is 2. The van der Waals surface area contributed by atoms with E-state index in [9.17, 15) is 9.90 Å². The van der Waals surface area contributed by atoms with Crippen LogP contribution >= 0.6 is 11.3 Å². The lowest BCUT2D eigenvalue weighted by atomic mass is 10.1. The van der Waals surface area contributed by atoms with Gasteiger partial charge in [-0.15, -0.1) is 11.3 Å². The molecule has 0 aliphatic carbocycles. The maximum absolute atomic E-state index is 11.3. The van der Waals surface area contributed by atoms with Gasteiger partial charge in [0.1, 0.15) is 6.04 Å². The quantitative estimate of drug-likeness (QED) is 0.345. The minimum absolute atomic E-state index is 0.0993. The average molecular weight is 393 g/mol. The molecule has 0 aromatic carbocycles. The molecule has 0 fully saturated rings. The number of thiazole rings is 1. The van der Waals surface area contributed by atoms with Gasteiger partial charge in [-0.1, -0.05) is 34.9 Å². The Hall–Kier alpha value is -1.92. The van der Waals surface area contributed by atoms with Crippen LogP contribution in [0.2, 0.25) is 0 Å². The van der Waals surface area contributed by atoms with Crippen LogP contribution in [0.25, 0.3) is 0 Å². The molecule has 1 atom stereocenters. The Morgan fingerprint density at radius 1 is 1.19 bits per heavy atom. The second kappa shape index (κ2) is 13.3. The van der Waals surface area contributed by atoms with Crippen LogP contribution < -0.4 is 5.32 Å². The Morgan fingerprint density at radius 2 is 1.85 bits per heavy atom. The number of rotatable bonds is 13. The zero-order chi connectivity index (χ0) is 20.1. The van der Waals surface area contributed by atoms with Crippen molar-refractivity contribution in [3.05, 3.63) is 46.5 Å². The van der Waals surface area contributed by atoms with Crippen molar-refractivity contribution in [1.29, 1.82) is 0 Å². The molecular formula is C21H32N2O3S. The molecule has 1 heterocycles. The van der Waals surface area contributed by atoms with E-state index in [2.05, 4.69) is 50.1 Å². The van der Waals surface area contributed by atoms with E-state index in [0.29, 0.717) is 11.7 Å². The zero-order valence-corrected chi connectivity index (χ0v) is 17.6. The van der Waals surface area contributed by atoms with Gasteiger partial charge in [-0.3, -0.25) is 0 Å². The van der Waals surface area contributed by atoms with Crippen molar-refractivity contribution in [2.24, 2.45) is 0 Å². The molecule has 0 amide bonds. The van der Waals surface area contributed by atoms with Gasteiger partial charge < -0.3 is 15.2 Å². The number of hydrogen-bond acceptors (Lipinski definition) is 5. The summed E-state index contributed by atoms with van der Waals surface area (Å²) in [5.74, 6) is -0.945. The van der Waals surface area contributed by atoms with Crippen LogP contribution in [0.15, 0.2) is 46.5 Å². The summed E-state index contributed by atoms with van der Waals surface area (Å²) >= 11 is 1.37. The molecule has 0 bridgehead atoms. The van der Waals surface area contributed by atoms with E-state index in [-0.39, 0.29) is 6.61 Å². The van der Waals surface area contributed by atoms with Crippen molar-refractivity contribution >= 4 is 22.4 Å². The van der Waals surface area contributed by atoms with Crippen LogP contribution in [-0.4, -0.2) is 35.3 Å². The highest BCUT2D eigenvalue weighted by Gasteiger charge is 2.18. The number of aromatic nitrogens is 1. The number of aliphatic carboxylic acids is 1. The zero-order valence-electron chi connectivity index (χ0n) is 16.8. The number of allylic oxidation sites excluding steroid dienone is 5. The van der Waals surface area contributed by atoms with Gasteiger partial charge in [0, 0.05) is 11.6 Å². The summed E-state index contributed by atoms with van der Waals surface area (Å²) in [5.41, 5.74) is 4.05. The molecule has 0 saturated heterocycles. The van der Waals surface area contributed by atoms with Crippen molar-refractivity contribution in [1.82, 2.24) is 4.98 Å². The Labute approximate surface area is 166 Å². The maximum atomic E-state index is 11.3. The van der Waals surface area contributed by atoms with E-state index in [1.165, 1.54) is 28.1 Å². The molecule has 5 nitrogen and oxygen atoms in total. The second-order valence-corrected chi connectivity index (χ2v) is 7.76. The SMILES string of the molecule is CC(C)=CCCC(C)=CCCC(C)=CCOCC(Nc1nccs1)C(=O)O. The summed E-state index contributed by atoms with van der Waals surface area (Å²) < 4.78 is 5.51. The highest BCUT2D eigenvalue weighted by atomic mass is 32.1. The van der Waals surface area contributed by atoms with Crippen LogP contribution in [-0.2, 0) is 9.53 Å². The second-order valence-electron chi connectivity index (χ2n) is 6.87. The number of carbonyl (C=O) groups is 1. The molecule has 0 spiro atoms. The summed E-state index contributed by atoms with van der Waals surface area (Å²) in [5, 5.41) is 14.5. The molecule has 1 unspecified atom stereocenters. The number of carboxylic acid groups (broad SMARTS) is 1. The van der Waals surface area contributed by atoms with Crippen molar-refractivity contribution < 1.29 is 14.6 Å². The van der Waals surface area contributed by atoms with E-state index in [0.717, 1.165) is 25.7 Å². The Bertz CT molecular complexity index is 644. The van der Waals surface area contributed by atoms with Crippen molar-refractivity contribution in [2.45, 2.75) is 59.4 Å². The minimum Gasteiger partial charge on any atom is -0.480 e. The highest BCUT2D eigenvalue weighted by molar-refractivity contribution is 7.13. The summed E-state index contributed by atoms with van der Waals surface area (Å²) in [7, 11) is 0. The molecule has 6 heteroatoms. The molecule has 1 aromatic rings. The number of ether oxygens (including phenoxy) is 1. The van der Waals surface area contributed by atoms with Gasteiger partial charge in [-0.25, -0.2) is 9.78 Å². The van der Waals surface area contributed by atoms with Crippen molar-refractivity contribution in [2.75, 3.05) is 18.5 Å². The lowest BCUT2D eigenvalue weighted by molar-refractivity contribution is -0.139. The smallest absolute Gasteiger partial charge is 0.328 e. The standard InChI is InChI=1S/C21H32N2O3S/c1-16(2)7-5-8-17(3)9-6-10-18(4)11-13-26-15-19(20(24)25)23-21-22-12-14-27-21/h7,9,11-12,14,19H,5-6,8,10,13,15H2,1-4H3,(H,22,23)(H,24,25). The average Bonchev–Trinajstić information content (AvgIpc) is 3.10. The van der Waals surface area contributed by atoms with Crippen LogP contribution in [0.4, 0.5) is 5.13 Å². The normalized spacial score (nSPS) is 13.3. The predicted octanol–water partition coefficient (Wildman–Crippen LogP) is 5.44. The Morgan fingerprint density at radius 3 is 2.44 bits per heavy atom. The van der Waals surface area contributed by atoms with E-state index in [4.69, 9.17) is 4.74 Å². The first kappa shape index (κ1) is 23.1. The lowest BCUT2D eigenvalue weighted by Crippen LogP contribution is -2.34. The first-order chi connectivity index (χ1) is 12.9. The largest absolute Gasteiger partial charge is 0.480 e. The van der Waals surface area contributed by atoms with Gasteiger partial charge in [-0.2, -0.15) is 0 Å². The third-order valence-electron chi connectivity index (χ3n) is 3.99. The molecular weight excluding hydrogens is 360 g/mol. The van der Waals surface area contributed by atoms with Gasteiger partial charge in [0.05, 0.1) is 13.2 Å². The van der Waals surface area contributed by atoms with Crippen LogP contribution in [0.5, 0.6) is 0 Å². The van der Waals surface area contributed by atoms with Crippen LogP contribution in [0, 0.1) is 0 Å². The summed E-state index contributed by atoms with van der Waals surface area (Å²) in [6, 6.07) is -0.795. The topological polar surface area (TPSA) is 71.5 Å². The molecule has 0 aliphatic rings. The van der Waals surface area contributed by atoms with Crippen molar-refractivity contribution in [3.63, 3.8) is 0 Å². The van der Waals surface area contributed by atoms with Gasteiger partial charge in [-0.05, 0) is 53.4 Å². The fourth-order valence-corrected chi connectivity index (χ4v) is 2.93. The fraction of sp³-hybridized carbons (Fsp3) is 0.524. The summed E-state index contributed by atoms with van der Waals surface area (Å²) in [4.78, 5) is 15.3. The Kier molecular flexibility index (Phi) is 11.4. The molecule has 150 valence electrons. The molecule has 0 aliphatic heterocycles. The fourth-order valence-electron chi connectivity index (χ4n) is 2.34. The first-order valence-corrected chi connectivity index (χ1v) is 10.2. The first-order valence-electron chi connectivity index (χ1n) is 9.29. The number of anilines is 1. The third kappa shape index (κ3) is 11.4. The molecule has 1 rings (SSSR count). The van der Waals surface area contributed by atoms with Crippen LogP contribution in [0.1, 0.15) is 53.4 Å². The van der Waals surface area contributed by atoms with Gasteiger partial charge in [0.2, 0.25) is 0 Å². The van der Waals surface area contributed by atoms with E-state index in [1.807, 2.05) is 6.08 Å². The third-order valence-corrected chi connectivity index (χ3v) is 4.69. The van der Waals surface area contributed by atoms with E-state index < -0.39 is 12.0 Å². The minimum atomic E-state index is -0.945. The molecule has 2 N–H and O–H groups in total. The van der Waals surface area contributed by atoms with E-state index >= 15 is 0 Å². The number of carboxylic acids is 1. The predicted molar refractivity (Wildman–Crippen MR) is 113 cm³/mol. The van der Waals surface area contributed by atoms with Crippen LogP contribution in [0.3, 0.4) is 0 Å². The van der Waals surface area contributed by atoms with Gasteiger partial charge in [0.25, 0.3) is 0 Å². The summed E-state index contributed by atoms with van der Waals surface area (Å²) in [6.07, 6.45) is 12.5. The molecule has 27 heavy (non-hydrogen) atoms. The van der Waals surface area contributed by atoms with Crippen molar-refractivity contribution in [3.8, 4) is 0 Å². The highest BCUT2D eigenvalue weighted by Crippen LogP contribution is 2.13. The lowest BCUT2D eigenvalue weighted by Gasteiger charge is -2.13. The van der Waals surface area contributed by atoms with Gasteiger partial charge in [0.15, 0.2) is 5.13 Å². The molecule has 0 saturated carbocycles. The number of nitrogens with zero attached hydrogens (tertiary/aromatic N) is 1. The monoisotopic (exact) mass is 392 g/mol. The van der Waals surface area contributed by atoms with Gasteiger partial charge >= 0.3 is 5.97 Å². The number of nitrogens with one attached hydrogen (secondary N) is 1. The maximum Gasteiger partial charge on any atom is 0.328 e. The molecule has 0 radical (unpaired) electrons. The summed E-state index contributed by atoms with van der Waals surface area (Å²) in [6.45, 7) is 9.04. The van der Waals surface area contributed by atoms with E-state index in [1.54, 1.807) is 11.6 Å². The molecule has 1 aromatic heterocycles. The Balaban J connectivity index is 2.26.